The van der Waals surface area contributed by atoms with Gasteiger partial charge in [0.05, 0.1) is 12.6 Å². The topological polar surface area (TPSA) is 50.4 Å². The van der Waals surface area contributed by atoms with Gasteiger partial charge in [-0.25, -0.2) is 0 Å². The molecule has 2 N–H and O–H groups in total. The fraction of sp³-hybridized carbons (Fsp3) is 0.350. The normalized spacial score (nSPS) is 19.3. The van der Waals surface area contributed by atoms with Crippen molar-refractivity contribution in [1.29, 1.82) is 0 Å². The van der Waals surface area contributed by atoms with E-state index in [1.165, 1.54) is 5.56 Å². The molecular formula is C20H21BrN2O2. The Labute approximate surface area is 156 Å². The van der Waals surface area contributed by atoms with Crippen molar-refractivity contribution in [1.82, 2.24) is 0 Å². The third-order valence-electron chi connectivity index (χ3n) is 4.66. The van der Waals surface area contributed by atoms with E-state index < -0.39 is 0 Å². The van der Waals surface area contributed by atoms with E-state index in [9.17, 15) is 4.79 Å². The molecule has 1 aliphatic heterocycles. The maximum absolute atomic E-state index is 12.0. The van der Waals surface area contributed by atoms with E-state index >= 15 is 0 Å². The van der Waals surface area contributed by atoms with Gasteiger partial charge in [-0.2, -0.15) is 0 Å². The lowest BCUT2D eigenvalue weighted by Gasteiger charge is -2.20. The minimum absolute atomic E-state index is 0.134. The number of nitrogens with one attached hydrogen (secondary N) is 2. The van der Waals surface area contributed by atoms with Crippen LogP contribution in [0.2, 0.25) is 0 Å². The zero-order valence-electron chi connectivity index (χ0n) is 13.9. The number of fused-ring (bicyclic) bond motifs is 1. The second-order valence-corrected chi connectivity index (χ2v) is 7.63. The summed E-state index contributed by atoms with van der Waals surface area (Å²) in [6, 6.07) is 14.3. The molecule has 0 saturated heterocycles. The Balaban J connectivity index is 1.52. The quantitative estimate of drug-likeness (QED) is 0.748. The molecule has 1 atom stereocenters. The number of rotatable bonds is 4. The van der Waals surface area contributed by atoms with E-state index in [0.717, 1.165) is 53.9 Å². The summed E-state index contributed by atoms with van der Waals surface area (Å²) in [6.07, 6.45) is 4.03. The fourth-order valence-electron chi connectivity index (χ4n) is 3.17. The number of halogens is 1. The molecule has 4 rings (SSSR count). The van der Waals surface area contributed by atoms with E-state index in [0.29, 0.717) is 0 Å². The van der Waals surface area contributed by atoms with Gasteiger partial charge in [-0.3, -0.25) is 4.79 Å². The summed E-state index contributed by atoms with van der Waals surface area (Å²) in [7, 11) is 0. The Morgan fingerprint density at radius 1 is 1.08 bits per heavy atom. The van der Waals surface area contributed by atoms with Crippen LogP contribution >= 0.6 is 15.9 Å². The first-order valence-corrected chi connectivity index (χ1v) is 9.58. The molecule has 130 valence electrons. The van der Waals surface area contributed by atoms with Crippen molar-refractivity contribution in [2.75, 3.05) is 17.2 Å². The highest BCUT2D eigenvalue weighted by Crippen LogP contribution is 2.36. The molecule has 2 aliphatic rings. The van der Waals surface area contributed by atoms with E-state index in [1.54, 1.807) is 0 Å². The zero-order chi connectivity index (χ0) is 17.2. The van der Waals surface area contributed by atoms with Gasteiger partial charge in [0.1, 0.15) is 5.75 Å². The number of amides is 1. The molecular weight excluding hydrogens is 380 g/mol. The summed E-state index contributed by atoms with van der Waals surface area (Å²) in [5, 5.41) is 6.62. The van der Waals surface area contributed by atoms with Crippen LogP contribution < -0.4 is 15.4 Å². The first kappa shape index (κ1) is 16.5. The maximum Gasteiger partial charge on any atom is 0.227 e. The Morgan fingerprint density at radius 2 is 1.92 bits per heavy atom. The number of anilines is 2. The minimum atomic E-state index is 0.134. The number of carbonyl (C=O) groups excluding carboxylic acids is 1. The second kappa shape index (κ2) is 7.08. The van der Waals surface area contributed by atoms with Crippen LogP contribution in [-0.2, 0) is 4.79 Å². The van der Waals surface area contributed by atoms with Crippen molar-refractivity contribution in [3.05, 3.63) is 52.5 Å². The van der Waals surface area contributed by atoms with Crippen LogP contribution in [0.15, 0.2) is 46.9 Å². The van der Waals surface area contributed by atoms with E-state index in [4.69, 9.17) is 4.74 Å². The third-order valence-corrected chi connectivity index (χ3v) is 5.16. The van der Waals surface area contributed by atoms with Gasteiger partial charge in [-0.05, 0) is 56.0 Å². The Kier molecular flexibility index (Phi) is 4.66. The molecule has 2 aromatic rings. The molecule has 5 heteroatoms. The second-order valence-electron chi connectivity index (χ2n) is 6.71. The van der Waals surface area contributed by atoms with Crippen LogP contribution in [0.3, 0.4) is 0 Å². The predicted molar refractivity (Wildman–Crippen MR) is 103 cm³/mol. The summed E-state index contributed by atoms with van der Waals surface area (Å²) < 4.78 is 6.90. The zero-order valence-corrected chi connectivity index (χ0v) is 15.5. The van der Waals surface area contributed by atoms with E-state index in [-0.39, 0.29) is 17.9 Å². The van der Waals surface area contributed by atoms with Crippen molar-refractivity contribution >= 4 is 33.2 Å². The van der Waals surface area contributed by atoms with Crippen molar-refractivity contribution < 1.29 is 9.53 Å². The SMILES string of the molecule is O=C(Nc1cccc(NC2CCCOc3cc(Br)ccc32)c1)C1CC1. The van der Waals surface area contributed by atoms with Gasteiger partial charge in [0, 0.05) is 27.3 Å². The standard InChI is InChI=1S/C20H21BrN2O2/c21-14-8-9-17-18(5-2-10-25-19(17)11-14)22-15-3-1-4-16(12-15)23-20(24)13-6-7-13/h1,3-4,8-9,11-13,18,22H,2,5-7,10H2,(H,23,24). The largest absolute Gasteiger partial charge is 0.493 e. The molecule has 0 spiro atoms. The summed E-state index contributed by atoms with van der Waals surface area (Å²) in [5.41, 5.74) is 3.03. The Hall–Kier alpha value is -2.01. The van der Waals surface area contributed by atoms with Crippen LogP contribution in [-0.4, -0.2) is 12.5 Å². The lowest BCUT2D eigenvalue weighted by Crippen LogP contribution is -2.14. The predicted octanol–water partition coefficient (Wildman–Crippen LogP) is 5.12. The smallest absolute Gasteiger partial charge is 0.227 e. The molecule has 0 aromatic heterocycles. The lowest BCUT2D eigenvalue weighted by molar-refractivity contribution is -0.117. The minimum Gasteiger partial charge on any atom is -0.493 e. The Morgan fingerprint density at radius 3 is 2.76 bits per heavy atom. The number of benzene rings is 2. The van der Waals surface area contributed by atoms with Gasteiger partial charge in [-0.15, -0.1) is 0 Å². The van der Waals surface area contributed by atoms with E-state index in [1.807, 2.05) is 30.3 Å². The molecule has 2 aromatic carbocycles. The molecule has 0 radical (unpaired) electrons. The van der Waals surface area contributed by atoms with Gasteiger partial charge in [0.15, 0.2) is 0 Å². The highest BCUT2D eigenvalue weighted by molar-refractivity contribution is 9.10. The lowest BCUT2D eigenvalue weighted by atomic mass is 10.0. The summed E-state index contributed by atoms with van der Waals surface area (Å²) in [5.74, 6) is 1.28. The molecule has 1 saturated carbocycles. The monoisotopic (exact) mass is 400 g/mol. The average molecular weight is 401 g/mol. The molecule has 1 aliphatic carbocycles. The number of hydrogen-bond acceptors (Lipinski definition) is 3. The molecule has 25 heavy (non-hydrogen) atoms. The fourth-order valence-corrected chi connectivity index (χ4v) is 3.51. The Bertz CT molecular complexity index is 789. The number of hydrogen-bond donors (Lipinski definition) is 2. The van der Waals surface area contributed by atoms with Gasteiger partial charge in [0.25, 0.3) is 0 Å². The summed E-state index contributed by atoms with van der Waals surface area (Å²) in [4.78, 5) is 12.0. The van der Waals surface area contributed by atoms with Gasteiger partial charge in [-0.1, -0.05) is 28.1 Å². The highest BCUT2D eigenvalue weighted by atomic mass is 79.9. The van der Waals surface area contributed by atoms with Crippen LogP contribution in [0.4, 0.5) is 11.4 Å². The molecule has 1 heterocycles. The average Bonchev–Trinajstić information content (AvgIpc) is 3.43. The van der Waals surface area contributed by atoms with Crippen molar-refractivity contribution in [2.24, 2.45) is 5.92 Å². The number of carbonyl (C=O) groups is 1. The van der Waals surface area contributed by atoms with E-state index in [2.05, 4.69) is 38.7 Å². The molecule has 1 unspecified atom stereocenters. The van der Waals surface area contributed by atoms with Crippen LogP contribution in [0, 0.1) is 5.92 Å². The number of ether oxygens (including phenoxy) is 1. The van der Waals surface area contributed by atoms with Crippen LogP contribution in [0.5, 0.6) is 5.75 Å². The van der Waals surface area contributed by atoms with Crippen molar-refractivity contribution in [3.8, 4) is 5.75 Å². The van der Waals surface area contributed by atoms with Crippen molar-refractivity contribution in [3.63, 3.8) is 0 Å². The first-order valence-electron chi connectivity index (χ1n) is 8.79. The third kappa shape index (κ3) is 3.98. The molecule has 4 nitrogen and oxygen atoms in total. The molecule has 1 fully saturated rings. The summed E-state index contributed by atoms with van der Waals surface area (Å²) >= 11 is 3.51. The van der Waals surface area contributed by atoms with Crippen LogP contribution in [0.1, 0.15) is 37.3 Å². The molecule has 1 amide bonds. The molecule has 0 bridgehead atoms. The van der Waals surface area contributed by atoms with Gasteiger partial charge < -0.3 is 15.4 Å². The highest BCUT2D eigenvalue weighted by Gasteiger charge is 2.29. The maximum atomic E-state index is 12.0. The summed E-state index contributed by atoms with van der Waals surface area (Å²) in [6.45, 7) is 0.735. The van der Waals surface area contributed by atoms with Gasteiger partial charge >= 0.3 is 0 Å². The first-order chi connectivity index (χ1) is 12.2. The van der Waals surface area contributed by atoms with Gasteiger partial charge in [0.2, 0.25) is 5.91 Å². The van der Waals surface area contributed by atoms with Crippen molar-refractivity contribution in [2.45, 2.75) is 31.7 Å². The van der Waals surface area contributed by atoms with Crippen LogP contribution in [0.25, 0.3) is 0 Å².